The van der Waals surface area contributed by atoms with Gasteiger partial charge in [0.05, 0.1) is 11.9 Å². The average Bonchev–Trinajstić information content (AvgIpc) is 2.81. The van der Waals surface area contributed by atoms with E-state index in [1.165, 1.54) is 0 Å². The monoisotopic (exact) mass is 257 g/mol. The van der Waals surface area contributed by atoms with Crippen LogP contribution in [-0.4, -0.2) is 11.8 Å². The molecule has 5 heteroatoms. The van der Waals surface area contributed by atoms with E-state index in [2.05, 4.69) is 10.3 Å². The van der Waals surface area contributed by atoms with Gasteiger partial charge >= 0.3 is 0 Å². The smallest absolute Gasteiger partial charge is 0.231 e. The molecule has 0 unspecified atom stereocenters. The number of hydrogen-bond acceptors (Lipinski definition) is 5. The lowest BCUT2D eigenvalue weighted by Gasteiger charge is -2.11. The van der Waals surface area contributed by atoms with Crippen LogP contribution >= 0.6 is 0 Å². The van der Waals surface area contributed by atoms with Crippen molar-refractivity contribution in [3.63, 3.8) is 0 Å². The van der Waals surface area contributed by atoms with Crippen molar-refractivity contribution in [1.29, 1.82) is 0 Å². The van der Waals surface area contributed by atoms with E-state index in [9.17, 15) is 0 Å². The highest BCUT2D eigenvalue weighted by Gasteiger charge is 2.15. The summed E-state index contributed by atoms with van der Waals surface area (Å²) >= 11 is 0. The molecular formula is C14H15N3O2. The fourth-order valence-corrected chi connectivity index (χ4v) is 1.95. The van der Waals surface area contributed by atoms with Gasteiger partial charge in [0.1, 0.15) is 5.82 Å². The van der Waals surface area contributed by atoms with Crippen molar-refractivity contribution in [2.75, 3.05) is 17.8 Å². The third-order valence-electron chi connectivity index (χ3n) is 3.13. The van der Waals surface area contributed by atoms with Gasteiger partial charge in [0.2, 0.25) is 6.79 Å². The van der Waals surface area contributed by atoms with Crippen LogP contribution in [0.15, 0.2) is 24.4 Å². The second-order valence-corrected chi connectivity index (χ2v) is 4.57. The number of nitrogens with one attached hydrogen (secondary N) is 1. The molecule has 0 bridgehead atoms. The first-order chi connectivity index (χ1) is 9.13. The first kappa shape index (κ1) is 11.6. The van der Waals surface area contributed by atoms with Gasteiger partial charge in [-0.15, -0.1) is 0 Å². The van der Waals surface area contributed by atoms with Crippen LogP contribution in [0, 0.1) is 13.8 Å². The number of pyridine rings is 1. The fraction of sp³-hybridized carbons (Fsp3) is 0.214. The summed E-state index contributed by atoms with van der Waals surface area (Å²) in [6.07, 6.45) is 1.65. The number of rotatable bonds is 2. The molecule has 1 aromatic carbocycles. The summed E-state index contributed by atoms with van der Waals surface area (Å²) in [6, 6.07) is 5.79. The summed E-state index contributed by atoms with van der Waals surface area (Å²) in [7, 11) is 0. The van der Waals surface area contributed by atoms with E-state index in [0.29, 0.717) is 5.69 Å². The second-order valence-electron chi connectivity index (χ2n) is 4.57. The lowest BCUT2D eigenvalue weighted by atomic mass is 10.1. The van der Waals surface area contributed by atoms with Crippen LogP contribution < -0.4 is 20.5 Å². The Labute approximate surface area is 111 Å². The molecule has 0 amide bonds. The van der Waals surface area contributed by atoms with E-state index in [-0.39, 0.29) is 6.79 Å². The Bertz CT molecular complexity index is 641. The first-order valence-electron chi connectivity index (χ1n) is 6.03. The number of aryl methyl sites for hydroxylation is 2. The summed E-state index contributed by atoms with van der Waals surface area (Å²) in [5.41, 5.74) is 9.46. The lowest BCUT2D eigenvalue weighted by Crippen LogP contribution is -1.98. The highest BCUT2D eigenvalue weighted by molar-refractivity contribution is 5.67. The van der Waals surface area contributed by atoms with Crippen molar-refractivity contribution in [3.8, 4) is 11.5 Å². The predicted octanol–water partition coefficient (Wildman–Crippen LogP) is 2.75. The number of benzene rings is 1. The van der Waals surface area contributed by atoms with Crippen LogP contribution in [0.5, 0.6) is 11.5 Å². The highest BCUT2D eigenvalue weighted by Crippen LogP contribution is 2.37. The van der Waals surface area contributed by atoms with E-state index < -0.39 is 0 Å². The van der Waals surface area contributed by atoms with Crippen molar-refractivity contribution >= 4 is 17.2 Å². The number of hydrogen-bond donors (Lipinski definition) is 2. The zero-order valence-corrected chi connectivity index (χ0v) is 10.9. The van der Waals surface area contributed by atoms with Gasteiger partial charge in [-0.05, 0) is 37.1 Å². The van der Waals surface area contributed by atoms with Gasteiger partial charge in [0.25, 0.3) is 0 Å². The SMILES string of the molecule is Cc1cc(Nc2cc3c(cc2C)OCO3)ncc1N. The molecule has 0 atom stereocenters. The van der Waals surface area contributed by atoms with Crippen LogP contribution in [0.25, 0.3) is 0 Å². The zero-order chi connectivity index (χ0) is 13.4. The normalized spacial score (nSPS) is 12.5. The van der Waals surface area contributed by atoms with Gasteiger partial charge in [-0.25, -0.2) is 4.98 Å². The fourth-order valence-electron chi connectivity index (χ4n) is 1.95. The Kier molecular flexibility index (Phi) is 2.67. The molecule has 0 fully saturated rings. The zero-order valence-electron chi connectivity index (χ0n) is 10.9. The molecule has 0 spiro atoms. The molecule has 3 rings (SSSR count). The molecule has 1 aromatic heterocycles. The van der Waals surface area contributed by atoms with Crippen LogP contribution in [0.3, 0.4) is 0 Å². The summed E-state index contributed by atoms with van der Waals surface area (Å²) in [5.74, 6) is 2.29. The van der Waals surface area contributed by atoms with Crippen LogP contribution in [0.4, 0.5) is 17.2 Å². The highest BCUT2D eigenvalue weighted by atomic mass is 16.7. The maximum absolute atomic E-state index is 5.76. The molecule has 2 aromatic rings. The molecule has 5 nitrogen and oxygen atoms in total. The minimum absolute atomic E-state index is 0.275. The quantitative estimate of drug-likeness (QED) is 0.865. The van der Waals surface area contributed by atoms with Gasteiger partial charge in [-0.3, -0.25) is 0 Å². The van der Waals surface area contributed by atoms with Crippen molar-refractivity contribution in [3.05, 3.63) is 35.5 Å². The summed E-state index contributed by atoms with van der Waals surface area (Å²) in [4.78, 5) is 4.26. The van der Waals surface area contributed by atoms with Gasteiger partial charge in [-0.2, -0.15) is 0 Å². The Morgan fingerprint density at radius 2 is 1.84 bits per heavy atom. The van der Waals surface area contributed by atoms with Crippen LogP contribution in [0.1, 0.15) is 11.1 Å². The van der Waals surface area contributed by atoms with E-state index >= 15 is 0 Å². The molecule has 0 saturated carbocycles. The number of aromatic nitrogens is 1. The number of nitrogens with zero attached hydrogens (tertiary/aromatic N) is 1. The number of nitrogens with two attached hydrogens (primary N) is 1. The number of ether oxygens (including phenoxy) is 2. The second kappa shape index (κ2) is 4.35. The Balaban J connectivity index is 1.92. The summed E-state index contributed by atoms with van der Waals surface area (Å²) < 4.78 is 10.7. The molecule has 1 aliphatic heterocycles. The third-order valence-corrected chi connectivity index (χ3v) is 3.13. The van der Waals surface area contributed by atoms with Crippen LogP contribution in [-0.2, 0) is 0 Å². The van der Waals surface area contributed by atoms with E-state index in [0.717, 1.165) is 34.1 Å². The van der Waals surface area contributed by atoms with Gasteiger partial charge in [-0.1, -0.05) is 0 Å². The predicted molar refractivity (Wildman–Crippen MR) is 74.0 cm³/mol. The number of nitrogen functional groups attached to an aromatic ring is 1. The van der Waals surface area contributed by atoms with Crippen LogP contribution in [0.2, 0.25) is 0 Å². The Morgan fingerprint density at radius 1 is 1.11 bits per heavy atom. The third kappa shape index (κ3) is 2.14. The van der Waals surface area contributed by atoms with Crippen molar-refractivity contribution in [2.45, 2.75) is 13.8 Å². The molecule has 0 radical (unpaired) electrons. The molecule has 2 heterocycles. The maximum Gasteiger partial charge on any atom is 0.231 e. The number of fused-ring (bicyclic) bond motifs is 1. The lowest BCUT2D eigenvalue weighted by molar-refractivity contribution is 0.174. The molecule has 0 aliphatic carbocycles. The van der Waals surface area contributed by atoms with E-state index in [4.69, 9.17) is 15.2 Å². The molecule has 1 aliphatic rings. The standard InChI is InChI=1S/C14H15N3O2/c1-8-4-14(16-6-10(8)15)17-11-5-13-12(3-9(11)2)18-7-19-13/h3-6H,7,15H2,1-2H3,(H,16,17). The Morgan fingerprint density at radius 3 is 2.58 bits per heavy atom. The molecular weight excluding hydrogens is 242 g/mol. The Hall–Kier alpha value is -2.43. The van der Waals surface area contributed by atoms with Crippen molar-refractivity contribution in [2.24, 2.45) is 0 Å². The molecule has 19 heavy (non-hydrogen) atoms. The largest absolute Gasteiger partial charge is 0.454 e. The summed E-state index contributed by atoms with van der Waals surface area (Å²) in [5, 5.41) is 3.27. The molecule has 0 saturated heterocycles. The first-order valence-corrected chi connectivity index (χ1v) is 6.03. The maximum atomic E-state index is 5.76. The topological polar surface area (TPSA) is 69.4 Å². The van der Waals surface area contributed by atoms with Crippen molar-refractivity contribution in [1.82, 2.24) is 4.98 Å². The van der Waals surface area contributed by atoms with Gasteiger partial charge < -0.3 is 20.5 Å². The molecule has 98 valence electrons. The van der Waals surface area contributed by atoms with Gasteiger partial charge in [0, 0.05) is 11.8 Å². The average molecular weight is 257 g/mol. The summed E-state index contributed by atoms with van der Waals surface area (Å²) in [6.45, 7) is 4.24. The minimum atomic E-state index is 0.275. The van der Waals surface area contributed by atoms with Gasteiger partial charge in [0.15, 0.2) is 11.5 Å². The van der Waals surface area contributed by atoms with E-state index in [1.807, 2.05) is 32.0 Å². The number of anilines is 3. The molecule has 3 N–H and O–H groups in total. The van der Waals surface area contributed by atoms with E-state index in [1.54, 1.807) is 6.20 Å². The minimum Gasteiger partial charge on any atom is -0.454 e. The van der Waals surface area contributed by atoms with Crippen molar-refractivity contribution < 1.29 is 9.47 Å².